The fraction of sp³-hybridized carbons (Fsp3) is 0.562. The maximum Gasteiger partial charge on any atom is 0.260 e. The highest BCUT2D eigenvalue weighted by atomic mass is 16.5. The fourth-order valence-corrected chi connectivity index (χ4v) is 3.21. The average Bonchev–Trinajstić information content (AvgIpc) is 3.15. The van der Waals surface area contributed by atoms with E-state index < -0.39 is 0 Å². The summed E-state index contributed by atoms with van der Waals surface area (Å²) in [5.41, 5.74) is 6.34. The number of ether oxygens (including phenoxy) is 1. The molecule has 0 aliphatic carbocycles. The molecule has 0 aromatic heterocycles. The molecule has 2 aliphatic heterocycles. The van der Waals surface area contributed by atoms with Crippen molar-refractivity contribution in [3.63, 3.8) is 0 Å². The van der Waals surface area contributed by atoms with Crippen molar-refractivity contribution >= 4 is 11.6 Å². The Balaban J connectivity index is 1.47. The van der Waals surface area contributed by atoms with Gasteiger partial charge in [0, 0.05) is 30.9 Å². The number of hydrogen-bond donors (Lipinski definition) is 1. The van der Waals surface area contributed by atoms with E-state index in [1.165, 1.54) is 25.9 Å². The van der Waals surface area contributed by atoms with E-state index in [0.717, 1.165) is 19.5 Å². The van der Waals surface area contributed by atoms with Gasteiger partial charge in [0.1, 0.15) is 5.75 Å². The molecule has 1 amide bonds. The van der Waals surface area contributed by atoms with Crippen molar-refractivity contribution in [3.05, 3.63) is 24.3 Å². The molecule has 3 rings (SSSR count). The van der Waals surface area contributed by atoms with E-state index in [-0.39, 0.29) is 12.5 Å². The Bertz CT molecular complexity index is 500. The highest BCUT2D eigenvalue weighted by Crippen LogP contribution is 2.21. The number of benzene rings is 1. The molecule has 1 aromatic carbocycles. The van der Waals surface area contributed by atoms with Crippen LogP contribution in [0.2, 0.25) is 0 Å². The third kappa shape index (κ3) is 3.47. The zero-order chi connectivity index (χ0) is 14.7. The molecular weight excluding hydrogens is 266 g/mol. The van der Waals surface area contributed by atoms with E-state index in [1.54, 1.807) is 12.1 Å². The predicted molar refractivity (Wildman–Crippen MR) is 82.1 cm³/mol. The van der Waals surface area contributed by atoms with Crippen molar-refractivity contribution in [1.29, 1.82) is 0 Å². The van der Waals surface area contributed by atoms with Crippen LogP contribution in [-0.2, 0) is 4.79 Å². The van der Waals surface area contributed by atoms with Crippen LogP contribution < -0.4 is 10.5 Å². The number of nitrogen functional groups attached to an aromatic ring is 1. The molecule has 114 valence electrons. The lowest BCUT2D eigenvalue weighted by Gasteiger charge is -2.23. The number of likely N-dealkylation sites (tertiary alicyclic amines) is 2. The number of carbonyl (C=O) groups excluding carboxylic acids is 1. The summed E-state index contributed by atoms with van der Waals surface area (Å²) < 4.78 is 5.54. The van der Waals surface area contributed by atoms with Crippen molar-refractivity contribution in [2.24, 2.45) is 0 Å². The van der Waals surface area contributed by atoms with Crippen LogP contribution in [0, 0.1) is 0 Å². The fourth-order valence-electron chi connectivity index (χ4n) is 3.21. The molecule has 0 radical (unpaired) electrons. The standard InChI is InChI=1S/C16H23N3O2/c17-13-4-3-5-15(10-13)21-12-16(20)19-9-6-14(11-19)18-7-1-2-8-18/h3-5,10,14H,1-2,6-9,11-12,17H2. The average molecular weight is 289 g/mol. The SMILES string of the molecule is Nc1cccc(OCC(=O)N2CCC(N3CCCC3)C2)c1. The van der Waals surface area contributed by atoms with Gasteiger partial charge >= 0.3 is 0 Å². The van der Waals surface area contributed by atoms with Crippen molar-refractivity contribution in [1.82, 2.24) is 9.80 Å². The third-order valence-corrected chi connectivity index (χ3v) is 4.39. The molecule has 21 heavy (non-hydrogen) atoms. The second kappa shape index (κ2) is 6.35. The van der Waals surface area contributed by atoms with Gasteiger partial charge in [-0.05, 0) is 44.5 Å². The summed E-state index contributed by atoms with van der Waals surface area (Å²) in [6.07, 6.45) is 3.68. The van der Waals surface area contributed by atoms with E-state index in [2.05, 4.69) is 4.90 Å². The number of carbonyl (C=O) groups is 1. The molecule has 5 heteroatoms. The van der Waals surface area contributed by atoms with Crippen molar-refractivity contribution < 1.29 is 9.53 Å². The summed E-state index contributed by atoms with van der Waals surface area (Å²) >= 11 is 0. The molecule has 2 heterocycles. The van der Waals surface area contributed by atoms with Crippen molar-refractivity contribution in [2.75, 3.05) is 38.5 Å². The Labute approximate surface area is 125 Å². The quantitative estimate of drug-likeness (QED) is 0.850. The Hall–Kier alpha value is -1.75. The topological polar surface area (TPSA) is 58.8 Å². The Morgan fingerprint density at radius 1 is 1.29 bits per heavy atom. The summed E-state index contributed by atoms with van der Waals surface area (Å²) in [7, 11) is 0. The van der Waals surface area contributed by atoms with Crippen molar-refractivity contribution in [2.45, 2.75) is 25.3 Å². The smallest absolute Gasteiger partial charge is 0.260 e. The third-order valence-electron chi connectivity index (χ3n) is 4.39. The Kier molecular flexibility index (Phi) is 4.29. The van der Waals surface area contributed by atoms with Gasteiger partial charge in [0.2, 0.25) is 0 Å². The lowest BCUT2D eigenvalue weighted by atomic mass is 10.2. The van der Waals surface area contributed by atoms with Crippen LogP contribution in [0.1, 0.15) is 19.3 Å². The first-order valence-electron chi connectivity index (χ1n) is 7.72. The van der Waals surface area contributed by atoms with Crippen molar-refractivity contribution in [3.8, 4) is 5.75 Å². The Morgan fingerprint density at radius 2 is 2.10 bits per heavy atom. The maximum atomic E-state index is 12.2. The zero-order valence-corrected chi connectivity index (χ0v) is 12.3. The Morgan fingerprint density at radius 3 is 2.86 bits per heavy atom. The first-order valence-corrected chi connectivity index (χ1v) is 7.72. The molecule has 0 spiro atoms. The van der Waals surface area contributed by atoms with Crippen LogP contribution in [0.5, 0.6) is 5.75 Å². The van der Waals surface area contributed by atoms with E-state index in [0.29, 0.717) is 17.5 Å². The first-order chi connectivity index (χ1) is 10.2. The molecule has 1 unspecified atom stereocenters. The van der Waals surface area contributed by atoms with Gasteiger partial charge in [0.15, 0.2) is 6.61 Å². The molecule has 0 bridgehead atoms. The molecule has 2 aliphatic rings. The first kappa shape index (κ1) is 14.2. The monoisotopic (exact) mass is 289 g/mol. The van der Waals surface area contributed by atoms with Gasteiger partial charge in [-0.1, -0.05) is 6.07 Å². The summed E-state index contributed by atoms with van der Waals surface area (Å²) in [5, 5.41) is 0. The lowest BCUT2D eigenvalue weighted by molar-refractivity contribution is -0.132. The molecule has 0 saturated carbocycles. The van der Waals surface area contributed by atoms with Crippen LogP contribution in [0.4, 0.5) is 5.69 Å². The summed E-state index contributed by atoms with van der Waals surface area (Å²) in [6, 6.07) is 7.73. The molecule has 2 fully saturated rings. The van der Waals surface area contributed by atoms with Gasteiger partial charge in [-0.2, -0.15) is 0 Å². The van der Waals surface area contributed by atoms with Crippen LogP contribution in [-0.4, -0.2) is 54.5 Å². The van der Waals surface area contributed by atoms with E-state index in [4.69, 9.17) is 10.5 Å². The molecule has 1 atom stereocenters. The van der Waals surface area contributed by atoms with Gasteiger partial charge in [0.25, 0.3) is 5.91 Å². The number of rotatable bonds is 4. The van der Waals surface area contributed by atoms with Crippen LogP contribution in [0.15, 0.2) is 24.3 Å². The van der Waals surface area contributed by atoms with E-state index in [9.17, 15) is 4.79 Å². The van der Waals surface area contributed by atoms with Crippen LogP contribution in [0.25, 0.3) is 0 Å². The zero-order valence-electron chi connectivity index (χ0n) is 12.3. The van der Waals surface area contributed by atoms with E-state index in [1.807, 2.05) is 17.0 Å². The minimum absolute atomic E-state index is 0.0686. The summed E-state index contributed by atoms with van der Waals surface area (Å²) in [4.78, 5) is 16.7. The maximum absolute atomic E-state index is 12.2. The van der Waals surface area contributed by atoms with E-state index >= 15 is 0 Å². The van der Waals surface area contributed by atoms with Gasteiger partial charge in [-0.25, -0.2) is 0 Å². The van der Waals surface area contributed by atoms with Crippen LogP contribution in [0.3, 0.4) is 0 Å². The molecule has 5 nitrogen and oxygen atoms in total. The van der Waals surface area contributed by atoms with Gasteiger partial charge in [-0.3, -0.25) is 9.69 Å². The number of nitrogens with zero attached hydrogens (tertiary/aromatic N) is 2. The normalized spacial score (nSPS) is 22.7. The minimum Gasteiger partial charge on any atom is -0.484 e. The highest BCUT2D eigenvalue weighted by molar-refractivity contribution is 5.78. The van der Waals surface area contributed by atoms with Crippen LogP contribution >= 0.6 is 0 Å². The number of anilines is 1. The van der Waals surface area contributed by atoms with Gasteiger partial charge in [0.05, 0.1) is 0 Å². The molecule has 1 aromatic rings. The lowest BCUT2D eigenvalue weighted by Crippen LogP contribution is -2.38. The number of amides is 1. The second-order valence-corrected chi connectivity index (χ2v) is 5.89. The summed E-state index contributed by atoms with van der Waals surface area (Å²) in [6.45, 7) is 4.16. The summed E-state index contributed by atoms with van der Waals surface area (Å²) in [5.74, 6) is 0.720. The largest absolute Gasteiger partial charge is 0.484 e. The predicted octanol–water partition coefficient (Wildman–Crippen LogP) is 1.34. The second-order valence-electron chi connectivity index (χ2n) is 5.89. The molecule has 2 saturated heterocycles. The molecular formula is C16H23N3O2. The highest BCUT2D eigenvalue weighted by Gasteiger charge is 2.31. The van der Waals surface area contributed by atoms with Gasteiger partial charge < -0.3 is 15.4 Å². The number of nitrogens with two attached hydrogens (primary N) is 1. The minimum atomic E-state index is 0.0686. The molecule has 2 N–H and O–H groups in total. The van der Waals surface area contributed by atoms with Gasteiger partial charge in [-0.15, -0.1) is 0 Å². The number of hydrogen-bond acceptors (Lipinski definition) is 4.